The first-order valence-electron chi connectivity index (χ1n) is 7.19. The lowest BCUT2D eigenvalue weighted by Crippen LogP contribution is -2.31. The van der Waals surface area contributed by atoms with E-state index in [0.29, 0.717) is 5.56 Å². The SMILES string of the molecule is C[C@H](Oc1ncc(-c2ccc3nnc(C(F)F)n3c2)cc1F)C(F)(F)F. The third-order valence-corrected chi connectivity index (χ3v) is 3.51. The molecule has 0 fully saturated rings. The van der Waals surface area contributed by atoms with Gasteiger partial charge in [-0.25, -0.2) is 18.2 Å². The van der Waals surface area contributed by atoms with Crippen molar-refractivity contribution in [3.8, 4) is 17.0 Å². The van der Waals surface area contributed by atoms with Crippen molar-refractivity contribution in [1.29, 1.82) is 0 Å². The molecule has 3 rings (SSSR count). The van der Waals surface area contributed by atoms with Crippen LogP contribution < -0.4 is 4.74 Å². The number of hydrogen-bond donors (Lipinski definition) is 0. The number of alkyl halides is 5. The Morgan fingerprint density at radius 3 is 2.46 bits per heavy atom. The first-order chi connectivity index (χ1) is 12.2. The fourth-order valence-electron chi connectivity index (χ4n) is 2.13. The average Bonchev–Trinajstić information content (AvgIpc) is 2.99. The van der Waals surface area contributed by atoms with E-state index in [9.17, 15) is 26.3 Å². The number of hydrogen-bond acceptors (Lipinski definition) is 4. The van der Waals surface area contributed by atoms with Gasteiger partial charge >= 0.3 is 6.18 Å². The van der Waals surface area contributed by atoms with Crippen LogP contribution in [0.1, 0.15) is 19.2 Å². The molecule has 1 atom stereocenters. The molecule has 3 heterocycles. The summed E-state index contributed by atoms with van der Waals surface area (Å²) in [5.41, 5.74) is 0.614. The van der Waals surface area contributed by atoms with Crippen LogP contribution in [-0.4, -0.2) is 31.9 Å². The molecule has 138 valence electrons. The van der Waals surface area contributed by atoms with Gasteiger partial charge in [-0.05, 0) is 25.1 Å². The Labute approximate surface area is 142 Å². The second kappa shape index (κ2) is 6.46. The number of pyridine rings is 2. The maximum absolute atomic E-state index is 14.0. The van der Waals surface area contributed by atoms with Gasteiger partial charge < -0.3 is 4.74 Å². The van der Waals surface area contributed by atoms with Crippen molar-refractivity contribution in [2.45, 2.75) is 25.6 Å². The molecule has 0 bridgehead atoms. The molecule has 0 saturated carbocycles. The van der Waals surface area contributed by atoms with E-state index >= 15 is 0 Å². The van der Waals surface area contributed by atoms with Gasteiger partial charge in [0.2, 0.25) is 5.82 Å². The highest BCUT2D eigenvalue weighted by Crippen LogP contribution is 2.28. The Balaban J connectivity index is 1.94. The van der Waals surface area contributed by atoms with E-state index in [1.165, 1.54) is 18.3 Å². The zero-order chi connectivity index (χ0) is 19.1. The number of aromatic nitrogens is 4. The fourth-order valence-corrected chi connectivity index (χ4v) is 2.13. The molecule has 3 aromatic rings. The maximum Gasteiger partial charge on any atom is 0.425 e. The molecule has 0 N–H and O–H groups in total. The van der Waals surface area contributed by atoms with Gasteiger partial charge in [0, 0.05) is 23.5 Å². The van der Waals surface area contributed by atoms with Crippen molar-refractivity contribution < 1.29 is 31.1 Å². The average molecular weight is 376 g/mol. The molecule has 0 aliphatic heterocycles. The maximum atomic E-state index is 14.0. The van der Waals surface area contributed by atoms with E-state index in [4.69, 9.17) is 0 Å². The second-order valence-electron chi connectivity index (χ2n) is 5.32. The van der Waals surface area contributed by atoms with Crippen LogP contribution in [0.3, 0.4) is 0 Å². The number of ether oxygens (including phenoxy) is 1. The normalized spacial score (nSPS) is 13.4. The molecule has 0 spiro atoms. The smallest absolute Gasteiger partial charge is 0.425 e. The van der Waals surface area contributed by atoms with Crippen LogP contribution in [0.15, 0.2) is 30.6 Å². The van der Waals surface area contributed by atoms with Crippen LogP contribution in [0.2, 0.25) is 0 Å². The molecule has 0 aromatic carbocycles. The highest BCUT2D eigenvalue weighted by atomic mass is 19.4. The minimum absolute atomic E-state index is 0.158. The summed E-state index contributed by atoms with van der Waals surface area (Å²) >= 11 is 0. The van der Waals surface area contributed by atoms with Crippen molar-refractivity contribution >= 4 is 5.65 Å². The van der Waals surface area contributed by atoms with Crippen LogP contribution >= 0.6 is 0 Å². The van der Waals surface area contributed by atoms with Crippen molar-refractivity contribution in [1.82, 2.24) is 19.6 Å². The highest BCUT2D eigenvalue weighted by molar-refractivity contribution is 5.64. The fraction of sp³-hybridized carbons (Fsp3) is 0.267. The van der Waals surface area contributed by atoms with Crippen molar-refractivity contribution in [2.75, 3.05) is 0 Å². The second-order valence-corrected chi connectivity index (χ2v) is 5.32. The lowest BCUT2D eigenvalue weighted by molar-refractivity contribution is -0.190. The lowest BCUT2D eigenvalue weighted by atomic mass is 10.1. The third kappa shape index (κ3) is 3.41. The Kier molecular flexibility index (Phi) is 4.46. The predicted molar refractivity (Wildman–Crippen MR) is 77.3 cm³/mol. The van der Waals surface area contributed by atoms with E-state index < -0.39 is 36.2 Å². The summed E-state index contributed by atoms with van der Waals surface area (Å²) in [7, 11) is 0. The van der Waals surface area contributed by atoms with Crippen molar-refractivity contribution in [3.63, 3.8) is 0 Å². The lowest BCUT2D eigenvalue weighted by Gasteiger charge is -2.17. The standard InChI is InChI=1S/C15H10F6N4O/c1-7(15(19,20)21)26-14-10(16)4-9(5-22-14)8-2-3-11-23-24-13(12(17)18)25(11)6-8/h2-7,12H,1H3/t7-/m0/s1. The Hall–Kier alpha value is -2.85. The first kappa shape index (κ1) is 18.0. The number of fused-ring (bicyclic) bond motifs is 1. The molecule has 5 nitrogen and oxygen atoms in total. The van der Waals surface area contributed by atoms with Crippen LogP contribution in [0, 0.1) is 5.82 Å². The molecule has 0 amide bonds. The van der Waals surface area contributed by atoms with Crippen LogP contribution in [-0.2, 0) is 0 Å². The van der Waals surface area contributed by atoms with Gasteiger partial charge in [-0.1, -0.05) is 0 Å². The van der Waals surface area contributed by atoms with Gasteiger partial charge in [0.1, 0.15) is 0 Å². The van der Waals surface area contributed by atoms with Crippen LogP contribution in [0.25, 0.3) is 16.8 Å². The number of nitrogens with zero attached hydrogens (tertiary/aromatic N) is 4. The highest BCUT2D eigenvalue weighted by Gasteiger charge is 2.38. The van der Waals surface area contributed by atoms with Gasteiger partial charge in [-0.15, -0.1) is 10.2 Å². The Morgan fingerprint density at radius 1 is 1.12 bits per heavy atom. The summed E-state index contributed by atoms with van der Waals surface area (Å²) in [6.45, 7) is 0.723. The van der Waals surface area contributed by atoms with Crippen LogP contribution in [0.4, 0.5) is 26.3 Å². The van der Waals surface area contributed by atoms with Crippen molar-refractivity contribution in [3.05, 3.63) is 42.2 Å². The number of rotatable bonds is 4. The summed E-state index contributed by atoms with van der Waals surface area (Å²) in [6.07, 6.45) is -7.44. The molecule has 0 saturated heterocycles. The van der Waals surface area contributed by atoms with Gasteiger partial charge in [0.15, 0.2) is 17.6 Å². The zero-order valence-electron chi connectivity index (χ0n) is 13.0. The molecule has 26 heavy (non-hydrogen) atoms. The van der Waals surface area contributed by atoms with Gasteiger partial charge in [0.05, 0.1) is 0 Å². The monoisotopic (exact) mass is 376 g/mol. The summed E-state index contributed by atoms with van der Waals surface area (Å²) in [4.78, 5) is 3.55. The third-order valence-electron chi connectivity index (χ3n) is 3.51. The first-order valence-corrected chi connectivity index (χ1v) is 7.19. The molecule has 0 aliphatic carbocycles. The van der Waals surface area contributed by atoms with Crippen molar-refractivity contribution in [2.24, 2.45) is 0 Å². The Bertz CT molecular complexity index is 940. The van der Waals surface area contributed by atoms with Gasteiger partial charge in [0.25, 0.3) is 12.3 Å². The number of halogens is 6. The summed E-state index contributed by atoms with van der Waals surface area (Å²) in [5, 5.41) is 6.94. The largest absolute Gasteiger partial charge is 0.463 e. The van der Waals surface area contributed by atoms with E-state index in [0.717, 1.165) is 23.6 Å². The van der Waals surface area contributed by atoms with Gasteiger partial charge in [-0.3, -0.25) is 4.40 Å². The molecule has 11 heteroatoms. The molecule has 3 aromatic heterocycles. The van der Waals surface area contributed by atoms with E-state index in [1.54, 1.807) is 0 Å². The van der Waals surface area contributed by atoms with E-state index in [-0.39, 0.29) is 11.2 Å². The predicted octanol–water partition coefficient (Wildman–Crippen LogP) is 4.20. The molecule has 0 aliphatic rings. The zero-order valence-corrected chi connectivity index (χ0v) is 13.0. The van der Waals surface area contributed by atoms with Gasteiger partial charge in [-0.2, -0.15) is 13.2 Å². The molecule has 0 radical (unpaired) electrons. The van der Waals surface area contributed by atoms with E-state index in [1.807, 2.05) is 0 Å². The minimum Gasteiger partial charge on any atom is -0.463 e. The summed E-state index contributed by atoms with van der Waals surface area (Å²) < 4.78 is 82.8. The molecule has 0 unspecified atom stereocenters. The quantitative estimate of drug-likeness (QED) is 0.641. The minimum atomic E-state index is -4.67. The van der Waals surface area contributed by atoms with E-state index in [2.05, 4.69) is 19.9 Å². The summed E-state index contributed by atoms with van der Waals surface area (Å²) in [6, 6.07) is 3.76. The topological polar surface area (TPSA) is 52.3 Å². The summed E-state index contributed by atoms with van der Waals surface area (Å²) in [5.74, 6) is -2.51. The van der Waals surface area contributed by atoms with Crippen LogP contribution in [0.5, 0.6) is 5.88 Å². The Morgan fingerprint density at radius 2 is 1.85 bits per heavy atom. The molecular formula is C15H10F6N4O. The molecular weight excluding hydrogens is 366 g/mol.